The van der Waals surface area contributed by atoms with E-state index in [1.807, 2.05) is 36.4 Å². The Morgan fingerprint density at radius 3 is 2.65 bits per heavy atom. The maximum Gasteiger partial charge on any atom is 0.271 e. The number of H-pyrrole nitrogens is 1. The molecule has 2 N–H and O–H groups in total. The van der Waals surface area contributed by atoms with E-state index in [0.29, 0.717) is 5.82 Å². The average Bonchev–Trinajstić information content (AvgIpc) is 2.38. The molecule has 0 saturated carbocycles. The minimum Gasteiger partial charge on any atom is -0.372 e. The number of nitrogens with zero attached hydrogens (tertiary/aromatic N) is 2. The van der Waals surface area contributed by atoms with Gasteiger partial charge in [-0.3, -0.25) is 4.79 Å². The lowest BCUT2D eigenvalue weighted by atomic mass is 10.2. The van der Waals surface area contributed by atoms with Crippen molar-refractivity contribution in [2.45, 2.75) is 0 Å². The molecule has 5 nitrogen and oxygen atoms in total. The Morgan fingerprint density at radius 2 is 2.06 bits per heavy atom. The molecule has 84 valence electrons. The normalized spacial score (nSPS) is 9.65. The second-order valence-corrected chi connectivity index (χ2v) is 3.37. The van der Waals surface area contributed by atoms with Gasteiger partial charge >= 0.3 is 0 Å². The Bertz CT molecular complexity index is 625. The molecule has 1 heterocycles. The van der Waals surface area contributed by atoms with Gasteiger partial charge in [0.25, 0.3) is 5.56 Å². The van der Waals surface area contributed by atoms with Gasteiger partial charge in [-0.25, -0.2) is 4.98 Å². The Morgan fingerprint density at radius 1 is 1.35 bits per heavy atom. The molecule has 1 aromatic heterocycles. The maximum absolute atomic E-state index is 11.7. The quantitative estimate of drug-likeness (QED) is 0.809. The number of aromatic nitrogens is 2. The van der Waals surface area contributed by atoms with Crippen molar-refractivity contribution in [3.8, 4) is 17.5 Å². The first-order chi connectivity index (χ1) is 8.26. The van der Waals surface area contributed by atoms with Gasteiger partial charge in [-0.05, 0) is 0 Å². The monoisotopic (exact) mass is 226 g/mol. The zero-order valence-electron chi connectivity index (χ0n) is 9.19. The fourth-order valence-corrected chi connectivity index (χ4v) is 1.49. The Labute approximate surface area is 97.8 Å². The van der Waals surface area contributed by atoms with E-state index in [1.54, 1.807) is 7.05 Å². The number of benzene rings is 1. The van der Waals surface area contributed by atoms with Crippen LogP contribution < -0.4 is 10.9 Å². The van der Waals surface area contributed by atoms with Crippen LogP contribution in [0.2, 0.25) is 0 Å². The standard InChI is InChI=1S/C12H10N4O/c1-14-11-9(7-13)12(17)16-10(15-11)8-5-3-2-4-6-8/h2-6H,1H3,(H2,14,15,16,17). The van der Waals surface area contributed by atoms with Crippen LogP contribution in [0.1, 0.15) is 5.56 Å². The molecule has 0 amide bonds. The SMILES string of the molecule is CNc1nc(-c2ccccc2)[nH]c(=O)c1C#N. The molecule has 0 fully saturated rings. The number of nitriles is 1. The predicted octanol–water partition coefficient (Wildman–Crippen LogP) is 1.35. The second kappa shape index (κ2) is 4.49. The van der Waals surface area contributed by atoms with Crippen LogP contribution >= 0.6 is 0 Å². The first kappa shape index (κ1) is 10.9. The van der Waals surface area contributed by atoms with E-state index in [1.165, 1.54) is 0 Å². The predicted molar refractivity (Wildman–Crippen MR) is 64.6 cm³/mol. The summed E-state index contributed by atoms with van der Waals surface area (Å²) >= 11 is 0. The largest absolute Gasteiger partial charge is 0.372 e. The Hall–Kier alpha value is -2.61. The molecule has 0 atom stereocenters. The molecular weight excluding hydrogens is 216 g/mol. The minimum atomic E-state index is -0.439. The fourth-order valence-electron chi connectivity index (χ4n) is 1.49. The summed E-state index contributed by atoms with van der Waals surface area (Å²) in [6, 6.07) is 11.1. The third kappa shape index (κ3) is 2.01. The van der Waals surface area contributed by atoms with Crippen molar-refractivity contribution < 1.29 is 0 Å². The highest BCUT2D eigenvalue weighted by atomic mass is 16.1. The molecule has 0 aliphatic rings. The summed E-state index contributed by atoms with van der Waals surface area (Å²) in [5.74, 6) is 0.731. The topological polar surface area (TPSA) is 81.6 Å². The molecule has 0 aliphatic heterocycles. The lowest BCUT2D eigenvalue weighted by Crippen LogP contribution is -2.16. The van der Waals surface area contributed by atoms with Crippen LogP contribution in [0.3, 0.4) is 0 Å². The fraction of sp³-hybridized carbons (Fsp3) is 0.0833. The number of hydrogen-bond donors (Lipinski definition) is 2. The number of rotatable bonds is 2. The van der Waals surface area contributed by atoms with Crippen LogP contribution in [0.25, 0.3) is 11.4 Å². The summed E-state index contributed by atoms with van der Waals surface area (Å²) in [5, 5.41) is 11.6. The molecule has 0 unspecified atom stereocenters. The van der Waals surface area contributed by atoms with Crippen molar-refractivity contribution in [2.24, 2.45) is 0 Å². The van der Waals surface area contributed by atoms with Crippen LogP contribution in [0, 0.1) is 11.3 Å². The van der Waals surface area contributed by atoms with Gasteiger partial charge in [0.15, 0.2) is 11.4 Å². The van der Waals surface area contributed by atoms with Gasteiger partial charge in [0.1, 0.15) is 11.9 Å². The van der Waals surface area contributed by atoms with Crippen molar-refractivity contribution in [1.29, 1.82) is 5.26 Å². The van der Waals surface area contributed by atoms with Gasteiger partial charge in [-0.1, -0.05) is 30.3 Å². The van der Waals surface area contributed by atoms with Crippen molar-refractivity contribution in [1.82, 2.24) is 9.97 Å². The number of aromatic amines is 1. The van der Waals surface area contributed by atoms with Crippen LogP contribution in [0.5, 0.6) is 0 Å². The highest BCUT2D eigenvalue weighted by molar-refractivity contribution is 5.60. The summed E-state index contributed by atoms with van der Waals surface area (Å²) in [7, 11) is 1.62. The van der Waals surface area contributed by atoms with Gasteiger partial charge in [-0.2, -0.15) is 5.26 Å². The lowest BCUT2D eigenvalue weighted by molar-refractivity contribution is 1.11. The maximum atomic E-state index is 11.7. The van der Waals surface area contributed by atoms with E-state index in [-0.39, 0.29) is 11.4 Å². The number of anilines is 1. The zero-order chi connectivity index (χ0) is 12.3. The van der Waals surface area contributed by atoms with Gasteiger partial charge < -0.3 is 10.3 Å². The van der Waals surface area contributed by atoms with Gasteiger partial charge in [0.2, 0.25) is 0 Å². The van der Waals surface area contributed by atoms with E-state index < -0.39 is 5.56 Å². The highest BCUT2D eigenvalue weighted by Crippen LogP contribution is 2.15. The van der Waals surface area contributed by atoms with Gasteiger partial charge in [0.05, 0.1) is 0 Å². The molecule has 2 aromatic rings. The van der Waals surface area contributed by atoms with Gasteiger partial charge in [-0.15, -0.1) is 0 Å². The van der Waals surface area contributed by atoms with Crippen LogP contribution in [0.4, 0.5) is 5.82 Å². The van der Waals surface area contributed by atoms with Crippen molar-refractivity contribution in [3.05, 3.63) is 46.2 Å². The highest BCUT2D eigenvalue weighted by Gasteiger charge is 2.10. The second-order valence-electron chi connectivity index (χ2n) is 3.37. The minimum absolute atomic E-state index is 0.00724. The molecule has 1 aromatic carbocycles. The smallest absolute Gasteiger partial charge is 0.271 e. The molecular formula is C12H10N4O. The van der Waals surface area contributed by atoms with E-state index in [4.69, 9.17) is 5.26 Å². The van der Waals surface area contributed by atoms with Crippen molar-refractivity contribution in [2.75, 3.05) is 12.4 Å². The van der Waals surface area contributed by atoms with Gasteiger partial charge in [0, 0.05) is 12.6 Å². The van der Waals surface area contributed by atoms with E-state index >= 15 is 0 Å². The van der Waals surface area contributed by atoms with Crippen LogP contribution in [-0.2, 0) is 0 Å². The first-order valence-corrected chi connectivity index (χ1v) is 5.04. The number of nitrogens with one attached hydrogen (secondary N) is 2. The molecule has 0 saturated heterocycles. The molecule has 5 heteroatoms. The lowest BCUT2D eigenvalue weighted by Gasteiger charge is -2.05. The Kier molecular flexibility index (Phi) is 2.88. The number of hydrogen-bond acceptors (Lipinski definition) is 4. The van der Waals surface area contributed by atoms with E-state index in [0.717, 1.165) is 5.56 Å². The molecule has 0 aliphatic carbocycles. The molecule has 0 spiro atoms. The molecule has 0 radical (unpaired) electrons. The third-order valence-electron chi connectivity index (χ3n) is 2.32. The summed E-state index contributed by atoms with van der Waals surface area (Å²) in [4.78, 5) is 18.5. The summed E-state index contributed by atoms with van der Waals surface area (Å²) in [5.41, 5.74) is 0.350. The van der Waals surface area contributed by atoms with Crippen molar-refractivity contribution in [3.63, 3.8) is 0 Å². The van der Waals surface area contributed by atoms with E-state index in [2.05, 4.69) is 15.3 Å². The summed E-state index contributed by atoms with van der Waals surface area (Å²) < 4.78 is 0. The van der Waals surface area contributed by atoms with Crippen LogP contribution in [0.15, 0.2) is 35.1 Å². The first-order valence-electron chi connectivity index (χ1n) is 5.04. The molecule has 17 heavy (non-hydrogen) atoms. The van der Waals surface area contributed by atoms with E-state index in [9.17, 15) is 4.79 Å². The molecule has 0 bridgehead atoms. The zero-order valence-corrected chi connectivity index (χ0v) is 9.19. The average molecular weight is 226 g/mol. The summed E-state index contributed by atoms with van der Waals surface area (Å²) in [6.45, 7) is 0. The van der Waals surface area contributed by atoms with Crippen LogP contribution in [-0.4, -0.2) is 17.0 Å². The molecule has 2 rings (SSSR count). The summed E-state index contributed by atoms with van der Waals surface area (Å²) in [6.07, 6.45) is 0. The van der Waals surface area contributed by atoms with Crippen molar-refractivity contribution >= 4 is 5.82 Å². The Balaban J connectivity index is 2.64. The third-order valence-corrected chi connectivity index (χ3v) is 2.32.